The summed E-state index contributed by atoms with van der Waals surface area (Å²) < 4.78 is 0. The molecular formula is C11H8O2. The van der Waals surface area contributed by atoms with Crippen molar-refractivity contribution in [3.63, 3.8) is 0 Å². The minimum absolute atomic E-state index is 0.0679. The largest absolute Gasteiger partial charge is 0.289 e. The molecule has 0 heterocycles. The van der Waals surface area contributed by atoms with Crippen molar-refractivity contribution in [3.05, 3.63) is 0 Å². The van der Waals surface area contributed by atoms with E-state index in [1.165, 1.54) is 0 Å². The monoisotopic (exact) mass is 172 g/mol. The highest BCUT2D eigenvalue weighted by Crippen LogP contribution is 2.72. The van der Waals surface area contributed by atoms with Crippen LogP contribution < -0.4 is 0 Å². The molecule has 0 aromatic heterocycles. The van der Waals surface area contributed by atoms with Crippen molar-refractivity contribution in [1.82, 2.24) is 0 Å². The summed E-state index contributed by atoms with van der Waals surface area (Å²) >= 11 is 0. The van der Waals surface area contributed by atoms with Gasteiger partial charge in [-0.2, -0.15) is 0 Å². The summed E-state index contributed by atoms with van der Waals surface area (Å²) in [6.45, 7) is 0. The lowest BCUT2D eigenvalue weighted by molar-refractivity contribution is -0.114. The molecule has 0 radical (unpaired) electrons. The molecular weight excluding hydrogens is 164 g/mol. The predicted molar refractivity (Wildman–Crippen MR) is 46.4 cm³/mol. The molecule has 3 aliphatic carbocycles. The highest BCUT2D eigenvalue weighted by molar-refractivity contribution is 5.74. The zero-order valence-electron chi connectivity index (χ0n) is 7.09. The van der Waals surface area contributed by atoms with Gasteiger partial charge in [0.05, 0.1) is 0 Å². The van der Waals surface area contributed by atoms with E-state index in [-0.39, 0.29) is 10.8 Å². The second-order valence-electron chi connectivity index (χ2n) is 3.87. The Hall–Kier alpha value is -1.54. The van der Waals surface area contributed by atoms with Gasteiger partial charge in [-0.05, 0) is 31.1 Å². The Balaban J connectivity index is 2.00. The first-order valence-electron chi connectivity index (χ1n) is 4.17. The maximum absolute atomic E-state index is 10.0. The molecule has 0 spiro atoms. The third-order valence-corrected chi connectivity index (χ3v) is 2.82. The van der Waals surface area contributed by atoms with Crippen LogP contribution in [0.25, 0.3) is 0 Å². The van der Waals surface area contributed by atoms with Crippen molar-refractivity contribution >= 4 is 12.6 Å². The van der Waals surface area contributed by atoms with Crippen molar-refractivity contribution in [2.45, 2.75) is 19.3 Å². The Bertz CT molecular complexity index is 328. The molecule has 0 N–H and O–H groups in total. The number of carbonyl (C=O) groups excluding carboxylic acids is 2. The van der Waals surface area contributed by atoms with Gasteiger partial charge in [0.1, 0.15) is 0 Å². The summed E-state index contributed by atoms with van der Waals surface area (Å²) in [5.41, 5.74) is 0.136. The van der Waals surface area contributed by atoms with Crippen molar-refractivity contribution in [2.24, 2.45) is 10.8 Å². The van der Waals surface area contributed by atoms with Crippen LogP contribution in [0, 0.1) is 34.5 Å². The second-order valence-corrected chi connectivity index (χ2v) is 3.87. The minimum Gasteiger partial charge on any atom is -0.289 e. The van der Waals surface area contributed by atoms with Crippen LogP contribution in [0.1, 0.15) is 19.3 Å². The van der Waals surface area contributed by atoms with Crippen LogP contribution in [-0.2, 0) is 9.59 Å². The van der Waals surface area contributed by atoms with Crippen LogP contribution in [0.4, 0.5) is 0 Å². The molecule has 2 bridgehead atoms. The Labute approximate surface area is 76.7 Å². The smallest absolute Gasteiger partial charge is 0.192 e. The molecule has 64 valence electrons. The fourth-order valence-electron chi connectivity index (χ4n) is 2.42. The molecule has 0 saturated heterocycles. The van der Waals surface area contributed by atoms with E-state index in [4.69, 9.17) is 0 Å². The molecule has 0 aliphatic heterocycles. The molecule has 0 amide bonds. The third-order valence-electron chi connectivity index (χ3n) is 2.82. The first-order chi connectivity index (χ1) is 6.24. The molecule has 3 aliphatic rings. The maximum atomic E-state index is 10.0. The van der Waals surface area contributed by atoms with Gasteiger partial charge in [0.2, 0.25) is 0 Å². The molecule has 3 rings (SSSR count). The van der Waals surface area contributed by atoms with Gasteiger partial charge in [-0.3, -0.25) is 9.59 Å². The second kappa shape index (κ2) is 2.47. The number of rotatable bonds is 0. The molecule has 13 heavy (non-hydrogen) atoms. The van der Waals surface area contributed by atoms with Crippen LogP contribution in [0.2, 0.25) is 0 Å². The van der Waals surface area contributed by atoms with Crippen molar-refractivity contribution in [1.29, 1.82) is 0 Å². The number of hydrogen-bond acceptors (Lipinski definition) is 2. The van der Waals surface area contributed by atoms with E-state index in [1.54, 1.807) is 0 Å². The Morgan fingerprint density at radius 1 is 0.846 bits per heavy atom. The average Bonchev–Trinajstić information content (AvgIpc) is 1.99. The van der Waals surface area contributed by atoms with Crippen LogP contribution in [0.5, 0.6) is 0 Å². The summed E-state index contributed by atoms with van der Waals surface area (Å²) in [6, 6.07) is 0. The minimum atomic E-state index is 0.0679. The molecule has 0 atom stereocenters. The molecule has 3 fully saturated rings. The number of aldehydes is 2. The fourth-order valence-corrected chi connectivity index (χ4v) is 2.42. The highest BCUT2D eigenvalue weighted by Gasteiger charge is 2.66. The lowest BCUT2D eigenvalue weighted by Gasteiger charge is -2.65. The molecule has 2 heteroatoms. The molecule has 2 nitrogen and oxygen atoms in total. The van der Waals surface area contributed by atoms with Crippen LogP contribution >= 0.6 is 0 Å². The SMILES string of the molecule is O=CC#CC12CC(C#CC=O)(C1)C2. The van der Waals surface area contributed by atoms with E-state index in [1.807, 2.05) is 0 Å². The highest BCUT2D eigenvalue weighted by atomic mass is 16.1. The number of carbonyl (C=O) groups is 2. The third kappa shape index (κ3) is 1.07. The molecule has 0 unspecified atom stereocenters. The van der Waals surface area contributed by atoms with Gasteiger partial charge in [-0.25, -0.2) is 0 Å². The van der Waals surface area contributed by atoms with Gasteiger partial charge in [0, 0.05) is 10.8 Å². The van der Waals surface area contributed by atoms with Gasteiger partial charge < -0.3 is 0 Å². The maximum Gasteiger partial charge on any atom is 0.192 e. The number of hydrogen-bond donors (Lipinski definition) is 0. The van der Waals surface area contributed by atoms with E-state index in [2.05, 4.69) is 23.7 Å². The Morgan fingerprint density at radius 2 is 1.23 bits per heavy atom. The standard InChI is InChI=1S/C11H8O2/c12-5-1-3-10-7-11(8-10,9-10)4-2-6-13/h5-6H,7-9H2. The van der Waals surface area contributed by atoms with Gasteiger partial charge in [0.15, 0.2) is 12.6 Å². The zero-order chi connectivity index (χ0) is 9.36. The van der Waals surface area contributed by atoms with Gasteiger partial charge >= 0.3 is 0 Å². The fraction of sp³-hybridized carbons (Fsp3) is 0.455. The topological polar surface area (TPSA) is 34.1 Å². The Kier molecular flexibility index (Phi) is 1.54. The van der Waals surface area contributed by atoms with E-state index in [0.29, 0.717) is 12.6 Å². The van der Waals surface area contributed by atoms with Crippen LogP contribution in [0.15, 0.2) is 0 Å². The molecule has 0 aromatic carbocycles. The zero-order valence-corrected chi connectivity index (χ0v) is 7.09. The van der Waals surface area contributed by atoms with E-state index in [9.17, 15) is 9.59 Å². The van der Waals surface area contributed by atoms with Crippen molar-refractivity contribution in [2.75, 3.05) is 0 Å². The molecule has 3 saturated carbocycles. The van der Waals surface area contributed by atoms with Gasteiger partial charge in [0.25, 0.3) is 0 Å². The van der Waals surface area contributed by atoms with E-state index in [0.717, 1.165) is 19.3 Å². The summed E-state index contributed by atoms with van der Waals surface area (Å²) in [4.78, 5) is 20.0. The van der Waals surface area contributed by atoms with Crippen LogP contribution in [0.3, 0.4) is 0 Å². The van der Waals surface area contributed by atoms with Gasteiger partial charge in [-0.1, -0.05) is 11.8 Å². The first-order valence-corrected chi connectivity index (χ1v) is 4.17. The summed E-state index contributed by atoms with van der Waals surface area (Å²) in [7, 11) is 0. The lowest BCUT2D eigenvalue weighted by atomic mass is 9.36. The summed E-state index contributed by atoms with van der Waals surface area (Å²) in [5.74, 6) is 10.8. The first kappa shape index (κ1) is 8.08. The average molecular weight is 172 g/mol. The van der Waals surface area contributed by atoms with Gasteiger partial charge in [-0.15, -0.1) is 0 Å². The molecule has 0 aromatic rings. The van der Waals surface area contributed by atoms with Crippen molar-refractivity contribution < 1.29 is 9.59 Å². The van der Waals surface area contributed by atoms with Crippen LogP contribution in [-0.4, -0.2) is 12.6 Å². The van der Waals surface area contributed by atoms with E-state index < -0.39 is 0 Å². The quantitative estimate of drug-likeness (QED) is 0.395. The summed E-state index contributed by atoms with van der Waals surface area (Å²) in [6.07, 6.45) is 4.05. The predicted octanol–water partition coefficient (Wildman–Crippen LogP) is 0.561. The lowest BCUT2D eigenvalue weighted by Crippen LogP contribution is -2.60. The Morgan fingerprint density at radius 3 is 1.54 bits per heavy atom. The van der Waals surface area contributed by atoms with E-state index >= 15 is 0 Å². The summed E-state index contributed by atoms with van der Waals surface area (Å²) in [5, 5.41) is 0. The van der Waals surface area contributed by atoms with Crippen molar-refractivity contribution in [3.8, 4) is 23.7 Å². The normalized spacial score (nSPS) is 37.8.